The molecule has 24 heavy (non-hydrogen) atoms. The first-order chi connectivity index (χ1) is 11.8. The van der Waals surface area contributed by atoms with Crippen molar-refractivity contribution in [1.29, 1.82) is 0 Å². The van der Waals surface area contributed by atoms with Crippen LogP contribution in [0, 0.1) is 0 Å². The van der Waals surface area contributed by atoms with Gasteiger partial charge in [-0.15, -0.1) is 0 Å². The molecule has 1 aromatic heterocycles. The fraction of sp³-hybridized carbons (Fsp3) is 0.316. The van der Waals surface area contributed by atoms with Crippen LogP contribution >= 0.6 is 0 Å². The van der Waals surface area contributed by atoms with Gasteiger partial charge in [-0.25, -0.2) is 5.43 Å². The van der Waals surface area contributed by atoms with Crippen molar-refractivity contribution in [3.63, 3.8) is 0 Å². The number of hydrazone groups is 1. The van der Waals surface area contributed by atoms with E-state index in [1.165, 1.54) is 19.3 Å². The second-order valence-corrected chi connectivity index (χ2v) is 5.41. The van der Waals surface area contributed by atoms with Crippen molar-refractivity contribution in [3.8, 4) is 5.75 Å². The summed E-state index contributed by atoms with van der Waals surface area (Å²) in [5, 5.41) is 3.93. The molecule has 1 N–H and O–H groups in total. The average molecular weight is 325 g/mol. The van der Waals surface area contributed by atoms with Crippen molar-refractivity contribution < 1.29 is 9.53 Å². The fourth-order valence-corrected chi connectivity index (χ4v) is 2.10. The number of carbonyl (C=O) groups excluding carboxylic acids is 1. The fourth-order valence-electron chi connectivity index (χ4n) is 2.10. The Morgan fingerprint density at radius 2 is 1.88 bits per heavy atom. The summed E-state index contributed by atoms with van der Waals surface area (Å²) < 4.78 is 5.66. The standard InChI is InChI=1S/C19H23N3O2/c1-2-3-4-5-14-24-18-8-6-17(7-9-18)19(23)22-21-15-16-10-12-20-13-11-16/h6-13,15H,2-5,14H2,1H3,(H,22,23)/b21-15-. The van der Waals surface area contributed by atoms with Gasteiger partial charge in [0.15, 0.2) is 0 Å². The lowest BCUT2D eigenvalue weighted by Crippen LogP contribution is -2.17. The van der Waals surface area contributed by atoms with E-state index in [0.717, 1.165) is 17.7 Å². The Kier molecular flexibility index (Phi) is 7.47. The van der Waals surface area contributed by atoms with Gasteiger partial charge < -0.3 is 4.74 Å². The number of rotatable bonds is 9. The Morgan fingerprint density at radius 1 is 1.12 bits per heavy atom. The summed E-state index contributed by atoms with van der Waals surface area (Å²) in [7, 11) is 0. The van der Waals surface area contributed by atoms with Crippen LogP contribution in [0.15, 0.2) is 53.9 Å². The largest absolute Gasteiger partial charge is 0.494 e. The SMILES string of the molecule is CCCCCCOc1ccc(C(=O)N/N=C\c2ccncc2)cc1. The van der Waals surface area contributed by atoms with Crippen LogP contribution < -0.4 is 10.2 Å². The summed E-state index contributed by atoms with van der Waals surface area (Å²) in [4.78, 5) is 15.9. The van der Waals surface area contributed by atoms with Gasteiger partial charge in [0.25, 0.3) is 5.91 Å². The molecule has 0 saturated carbocycles. The molecule has 0 fully saturated rings. The third-order valence-electron chi connectivity index (χ3n) is 3.47. The van der Waals surface area contributed by atoms with Gasteiger partial charge in [0.05, 0.1) is 12.8 Å². The molecule has 1 amide bonds. The number of nitrogens with one attached hydrogen (secondary N) is 1. The quantitative estimate of drug-likeness (QED) is 0.433. The van der Waals surface area contributed by atoms with E-state index in [1.807, 2.05) is 12.1 Å². The molecule has 5 nitrogen and oxygen atoms in total. The number of nitrogens with zero attached hydrogens (tertiary/aromatic N) is 2. The first kappa shape index (κ1) is 17.7. The predicted molar refractivity (Wildman–Crippen MR) is 95.4 cm³/mol. The number of pyridine rings is 1. The van der Waals surface area contributed by atoms with Crippen LogP contribution in [0.3, 0.4) is 0 Å². The van der Waals surface area contributed by atoms with E-state index in [0.29, 0.717) is 12.2 Å². The molecule has 126 valence electrons. The third kappa shape index (κ3) is 6.20. The molecule has 0 aliphatic carbocycles. The minimum Gasteiger partial charge on any atom is -0.494 e. The summed E-state index contributed by atoms with van der Waals surface area (Å²) in [5.74, 6) is 0.526. The zero-order chi connectivity index (χ0) is 17.0. The van der Waals surface area contributed by atoms with Gasteiger partial charge in [-0.1, -0.05) is 26.2 Å². The maximum Gasteiger partial charge on any atom is 0.271 e. The van der Waals surface area contributed by atoms with Crippen LogP contribution in [0.4, 0.5) is 0 Å². The van der Waals surface area contributed by atoms with Crippen molar-refractivity contribution in [3.05, 3.63) is 59.9 Å². The Hall–Kier alpha value is -2.69. The summed E-state index contributed by atoms with van der Waals surface area (Å²) in [6, 6.07) is 10.7. The van der Waals surface area contributed by atoms with Gasteiger partial charge in [0.1, 0.15) is 5.75 Å². The Morgan fingerprint density at radius 3 is 2.58 bits per heavy atom. The smallest absolute Gasteiger partial charge is 0.271 e. The van der Waals surface area contributed by atoms with E-state index in [2.05, 4.69) is 22.4 Å². The van der Waals surface area contributed by atoms with Gasteiger partial charge in [0.2, 0.25) is 0 Å². The number of hydrogen-bond acceptors (Lipinski definition) is 4. The first-order valence-electron chi connectivity index (χ1n) is 8.26. The van der Waals surface area contributed by atoms with Crippen LogP contribution in [0.1, 0.15) is 48.5 Å². The van der Waals surface area contributed by atoms with Crippen molar-refractivity contribution in [2.75, 3.05) is 6.61 Å². The third-order valence-corrected chi connectivity index (χ3v) is 3.47. The second kappa shape index (κ2) is 10.2. The molecule has 1 aromatic carbocycles. The molecule has 0 aliphatic rings. The number of hydrogen-bond donors (Lipinski definition) is 1. The molecule has 2 aromatic rings. The van der Waals surface area contributed by atoms with Crippen LogP contribution in [0.25, 0.3) is 0 Å². The highest BCUT2D eigenvalue weighted by Gasteiger charge is 2.04. The molecular weight excluding hydrogens is 302 g/mol. The molecular formula is C19H23N3O2. The molecule has 0 aliphatic heterocycles. The van der Waals surface area contributed by atoms with Crippen molar-refractivity contribution in [2.24, 2.45) is 5.10 Å². The molecule has 0 unspecified atom stereocenters. The molecule has 5 heteroatoms. The minimum absolute atomic E-state index is 0.255. The second-order valence-electron chi connectivity index (χ2n) is 5.41. The van der Waals surface area contributed by atoms with E-state index in [1.54, 1.807) is 42.9 Å². The molecule has 0 spiro atoms. The highest BCUT2D eigenvalue weighted by atomic mass is 16.5. The van der Waals surface area contributed by atoms with Crippen LogP contribution in [-0.4, -0.2) is 23.7 Å². The van der Waals surface area contributed by atoms with Gasteiger partial charge in [-0.3, -0.25) is 9.78 Å². The van der Waals surface area contributed by atoms with Gasteiger partial charge in [0, 0.05) is 18.0 Å². The van der Waals surface area contributed by atoms with Crippen molar-refractivity contribution in [2.45, 2.75) is 32.6 Å². The monoisotopic (exact) mass is 325 g/mol. The zero-order valence-electron chi connectivity index (χ0n) is 13.9. The zero-order valence-corrected chi connectivity index (χ0v) is 13.9. The van der Waals surface area contributed by atoms with Crippen molar-refractivity contribution >= 4 is 12.1 Å². The topological polar surface area (TPSA) is 63.6 Å². The Bertz CT molecular complexity index is 639. The highest BCUT2D eigenvalue weighted by molar-refractivity contribution is 5.94. The van der Waals surface area contributed by atoms with Gasteiger partial charge >= 0.3 is 0 Å². The summed E-state index contributed by atoms with van der Waals surface area (Å²) in [5.41, 5.74) is 3.92. The summed E-state index contributed by atoms with van der Waals surface area (Å²) >= 11 is 0. The number of aromatic nitrogens is 1. The van der Waals surface area contributed by atoms with E-state index >= 15 is 0 Å². The van der Waals surface area contributed by atoms with Crippen molar-refractivity contribution in [1.82, 2.24) is 10.4 Å². The van der Waals surface area contributed by atoms with E-state index in [9.17, 15) is 4.79 Å². The number of carbonyl (C=O) groups is 1. The average Bonchev–Trinajstić information content (AvgIpc) is 2.63. The first-order valence-corrected chi connectivity index (χ1v) is 8.26. The van der Waals surface area contributed by atoms with E-state index in [4.69, 9.17) is 4.74 Å². The number of benzene rings is 1. The molecule has 0 bridgehead atoms. The maximum atomic E-state index is 12.0. The molecule has 0 atom stereocenters. The maximum absolute atomic E-state index is 12.0. The van der Waals surface area contributed by atoms with Crippen LogP contribution in [-0.2, 0) is 0 Å². The van der Waals surface area contributed by atoms with Gasteiger partial charge in [-0.2, -0.15) is 5.10 Å². The van der Waals surface area contributed by atoms with E-state index < -0.39 is 0 Å². The molecule has 0 saturated heterocycles. The number of ether oxygens (including phenoxy) is 1. The number of unbranched alkanes of at least 4 members (excludes halogenated alkanes) is 3. The van der Waals surface area contributed by atoms with Crippen LogP contribution in [0.2, 0.25) is 0 Å². The lowest BCUT2D eigenvalue weighted by Gasteiger charge is -2.06. The molecule has 1 heterocycles. The van der Waals surface area contributed by atoms with Crippen LogP contribution in [0.5, 0.6) is 5.75 Å². The van der Waals surface area contributed by atoms with Gasteiger partial charge in [-0.05, 0) is 48.4 Å². The summed E-state index contributed by atoms with van der Waals surface area (Å²) in [6.45, 7) is 2.90. The normalized spacial score (nSPS) is 10.7. The summed E-state index contributed by atoms with van der Waals surface area (Å²) in [6.07, 6.45) is 9.61. The molecule has 0 radical (unpaired) electrons. The Balaban J connectivity index is 1.77. The lowest BCUT2D eigenvalue weighted by molar-refractivity contribution is 0.0955. The minimum atomic E-state index is -0.255. The predicted octanol–water partition coefficient (Wildman–Crippen LogP) is 3.80. The lowest BCUT2D eigenvalue weighted by atomic mass is 10.2. The number of amides is 1. The molecule has 2 rings (SSSR count). The Labute approximate surface area is 142 Å². The highest BCUT2D eigenvalue weighted by Crippen LogP contribution is 2.13. The van der Waals surface area contributed by atoms with E-state index in [-0.39, 0.29) is 5.91 Å².